The summed E-state index contributed by atoms with van der Waals surface area (Å²) in [5.74, 6) is 1.57. The van der Waals surface area contributed by atoms with E-state index in [2.05, 4.69) is 0 Å². The van der Waals surface area contributed by atoms with Crippen molar-refractivity contribution in [3.05, 3.63) is 39.4 Å². The fraction of sp³-hybridized carbons (Fsp3) is 0. The molecule has 0 spiro atoms. The van der Waals surface area contributed by atoms with Gasteiger partial charge in [-0.2, -0.15) is 9.65 Å². The van der Waals surface area contributed by atoms with Gasteiger partial charge in [0, 0.05) is 5.92 Å². The number of nitro groups is 1. The van der Waals surface area contributed by atoms with Crippen LogP contribution in [0.1, 0.15) is 5.56 Å². The average Bonchev–Trinajstić information content (AvgIpc) is 2.18. The summed E-state index contributed by atoms with van der Waals surface area (Å²) in [7, 11) is 0. The normalized spacial score (nSPS) is 8.60. The van der Waals surface area contributed by atoms with Crippen molar-refractivity contribution < 1.29 is 13.7 Å². The minimum Gasteiger partial charge on any atom is -0.258 e. The Hall–Kier alpha value is -2.47. The third-order valence-electron chi connectivity index (χ3n) is 1.47. The summed E-state index contributed by atoms with van der Waals surface area (Å²) in [4.78, 5) is 9.23. The van der Waals surface area contributed by atoms with Crippen LogP contribution in [-0.4, -0.2) is 4.92 Å². The number of nitriles is 1. The maximum Gasteiger partial charge on any atom is 0.309 e. The molecule has 0 aliphatic heterocycles. The van der Waals surface area contributed by atoms with Gasteiger partial charge < -0.3 is 0 Å². The van der Waals surface area contributed by atoms with Gasteiger partial charge in [-0.05, 0) is 12.0 Å². The molecule has 0 heterocycles. The Morgan fingerprint density at radius 2 is 2.07 bits per heavy atom. The molecule has 0 saturated heterocycles. The van der Waals surface area contributed by atoms with Crippen LogP contribution in [0.5, 0.6) is 0 Å². The number of hydrogen-bond donors (Lipinski definition) is 0. The summed E-state index contributed by atoms with van der Waals surface area (Å²) in [6.45, 7) is 0. The fourth-order valence-electron chi connectivity index (χ4n) is 0.894. The van der Waals surface area contributed by atoms with Gasteiger partial charge in [0.25, 0.3) is 0 Å². The van der Waals surface area contributed by atoms with Crippen molar-refractivity contribution in [2.75, 3.05) is 0 Å². The molecule has 0 aliphatic carbocycles. The van der Waals surface area contributed by atoms with Gasteiger partial charge in [0.05, 0.1) is 16.6 Å². The van der Waals surface area contributed by atoms with Crippen LogP contribution >= 0.6 is 0 Å². The van der Waals surface area contributed by atoms with Crippen molar-refractivity contribution in [2.45, 2.75) is 0 Å². The Balaban J connectivity index is 3.42. The topological polar surface area (TPSA) is 66.9 Å². The van der Waals surface area contributed by atoms with Crippen LogP contribution in [0.25, 0.3) is 0 Å². The first-order valence-electron chi connectivity index (χ1n) is 3.60. The number of benzene rings is 1. The van der Waals surface area contributed by atoms with Crippen LogP contribution in [-0.2, 0) is 0 Å². The molecule has 74 valence electrons. The smallest absolute Gasteiger partial charge is 0.258 e. The molecule has 6 heteroatoms. The Bertz CT molecular complexity index is 523. The zero-order valence-electron chi connectivity index (χ0n) is 7.12. The summed E-state index contributed by atoms with van der Waals surface area (Å²) < 4.78 is 26.0. The zero-order chi connectivity index (χ0) is 11.4. The first-order chi connectivity index (χ1) is 7.06. The minimum absolute atomic E-state index is 0.451. The van der Waals surface area contributed by atoms with Crippen LogP contribution in [0.3, 0.4) is 0 Å². The molecule has 1 aromatic rings. The van der Waals surface area contributed by atoms with E-state index in [1.165, 1.54) is 6.07 Å². The van der Waals surface area contributed by atoms with Crippen molar-refractivity contribution in [3.63, 3.8) is 0 Å². The highest BCUT2D eigenvalue weighted by atomic mass is 19.1. The molecule has 4 nitrogen and oxygen atoms in total. The molecule has 0 saturated carbocycles. The summed E-state index contributed by atoms with van der Waals surface area (Å²) in [5, 5.41) is 18.4. The van der Waals surface area contributed by atoms with Crippen molar-refractivity contribution in [2.24, 2.45) is 0 Å². The number of hydrogen-bond acceptors (Lipinski definition) is 3. The molecule has 0 amide bonds. The lowest BCUT2D eigenvalue weighted by molar-refractivity contribution is -0.387. The molecule has 15 heavy (non-hydrogen) atoms. The van der Waals surface area contributed by atoms with E-state index >= 15 is 0 Å². The highest BCUT2D eigenvalue weighted by molar-refractivity contribution is 5.47. The van der Waals surface area contributed by atoms with Gasteiger partial charge in [0.1, 0.15) is 5.82 Å². The zero-order valence-corrected chi connectivity index (χ0v) is 7.12. The SMILES string of the molecule is N#CC#Cc1cc(F)cc([N+](=O)[O-])c1F. The van der Waals surface area contributed by atoms with E-state index in [0.717, 1.165) is 0 Å². The van der Waals surface area contributed by atoms with Crippen molar-refractivity contribution in [1.82, 2.24) is 0 Å². The minimum atomic E-state index is -1.25. The van der Waals surface area contributed by atoms with E-state index in [0.29, 0.717) is 12.1 Å². The summed E-state index contributed by atoms with van der Waals surface area (Å²) >= 11 is 0. The predicted octanol–water partition coefficient (Wildman–Crippen LogP) is 1.75. The predicted molar refractivity (Wildman–Crippen MR) is 45.5 cm³/mol. The van der Waals surface area contributed by atoms with Crippen molar-refractivity contribution >= 4 is 5.69 Å². The standard InChI is InChI=1S/C9H2F2N2O2/c10-7-4-6(2-1-3-12)9(11)8(5-7)13(14)15/h4-5H. The first-order valence-corrected chi connectivity index (χ1v) is 3.60. The molecular weight excluding hydrogens is 206 g/mol. The molecule has 0 bridgehead atoms. The Morgan fingerprint density at radius 1 is 1.40 bits per heavy atom. The van der Waals surface area contributed by atoms with Gasteiger partial charge in [-0.25, -0.2) is 4.39 Å². The van der Waals surface area contributed by atoms with Crippen LogP contribution in [0.2, 0.25) is 0 Å². The molecular formula is C9H2F2N2O2. The van der Waals surface area contributed by atoms with Gasteiger partial charge in [-0.1, -0.05) is 0 Å². The Labute approximate surface area is 82.9 Å². The molecule has 1 rings (SSSR count). The molecule has 0 aliphatic rings. The second-order valence-electron chi connectivity index (χ2n) is 2.41. The summed E-state index contributed by atoms with van der Waals surface area (Å²) in [6, 6.07) is 2.53. The number of rotatable bonds is 1. The van der Waals surface area contributed by atoms with Crippen LogP contribution in [0.15, 0.2) is 12.1 Å². The molecule has 0 radical (unpaired) electrons. The van der Waals surface area contributed by atoms with E-state index in [-0.39, 0.29) is 0 Å². The van der Waals surface area contributed by atoms with Crippen LogP contribution < -0.4 is 0 Å². The van der Waals surface area contributed by atoms with E-state index in [4.69, 9.17) is 5.26 Å². The quantitative estimate of drug-likeness (QED) is 0.401. The summed E-state index contributed by atoms with van der Waals surface area (Å²) in [6.07, 6.45) is 0. The lowest BCUT2D eigenvalue weighted by Gasteiger charge is -1.96. The molecule has 0 aromatic heterocycles. The lowest BCUT2D eigenvalue weighted by atomic mass is 10.2. The molecule has 0 unspecified atom stereocenters. The second kappa shape index (κ2) is 4.16. The molecule has 1 aromatic carbocycles. The first kappa shape index (κ1) is 10.6. The summed E-state index contributed by atoms with van der Waals surface area (Å²) in [5.41, 5.74) is -1.51. The maximum absolute atomic E-state index is 13.2. The number of halogens is 2. The van der Waals surface area contributed by atoms with E-state index < -0.39 is 27.8 Å². The van der Waals surface area contributed by atoms with E-state index in [1.807, 2.05) is 11.8 Å². The van der Waals surface area contributed by atoms with Crippen LogP contribution in [0.4, 0.5) is 14.5 Å². The molecule has 0 N–H and O–H groups in total. The second-order valence-corrected chi connectivity index (χ2v) is 2.41. The third-order valence-corrected chi connectivity index (χ3v) is 1.47. The fourth-order valence-corrected chi connectivity index (χ4v) is 0.894. The van der Waals surface area contributed by atoms with Gasteiger partial charge in [-0.15, -0.1) is 0 Å². The highest BCUT2D eigenvalue weighted by Crippen LogP contribution is 2.21. The largest absolute Gasteiger partial charge is 0.309 e. The lowest BCUT2D eigenvalue weighted by Crippen LogP contribution is -1.96. The maximum atomic E-state index is 13.2. The van der Waals surface area contributed by atoms with Gasteiger partial charge >= 0.3 is 5.69 Å². The number of nitrogens with zero attached hydrogens (tertiary/aromatic N) is 2. The monoisotopic (exact) mass is 208 g/mol. The van der Waals surface area contributed by atoms with Gasteiger partial charge in [0.15, 0.2) is 6.07 Å². The average molecular weight is 208 g/mol. The van der Waals surface area contributed by atoms with Crippen molar-refractivity contribution in [3.8, 4) is 17.9 Å². The molecule has 0 atom stereocenters. The van der Waals surface area contributed by atoms with Crippen LogP contribution in [0, 0.1) is 44.9 Å². The van der Waals surface area contributed by atoms with E-state index in [9.17, 15) is 18.9 Å². The molecule has 0 fully saturated rings. The third kappa shape index (κ3) is 2.26. The Kier molecular flexibility index (Phi) is 2.94. The Morgan fingerprint density at radius 3 is 2.60 bits per heavy atom. The number of nitro benzene ring substituents is 1. The highest BCUT2D eigenvalue weighted by Gasteiger charge is 2.18. The van der Waals surface area contributed by atoms with Gasteiger partial charge in [-0.3, -0.25) is 10.1 Å². The van der Waals surface area contributed by atoms with Gasteiger partial charge in [0.2, 0.25) is 5.82 Å². The van der Waals surface area contributed by atoms with Crippen molar-refractivity contribution in [1.29, 1.82) is 5.26 Å². The van der Waals surface area contributed by atoms with E-state index in [1.54, 1.807) is 0 Å².